The fourth-order valence-electron chi connectivity index (χ4n) is 2.76. The number of benzene rings is 1. The van der Waals surface area contributed by atoms with Gasteiger partial charge in [0, 0.05) is 31.8 Å². The summed E-state index contributed by atoms with van der Waals surface area (Å²) in [5.74, 6) is -0.111. The summed E-state index contributed by atoms with van der Waals surface area (Å²) in [5.41, 5.74) is 0.678. The summed E-state index contributed by atoms with van der Waals surface area (Å²) < 4.78 is 5.87. The number of hydrogen-bond donors (Lipinski definition) is 0. The minimum absolute atomic E-state index is 0. The topological polar surface area (TPSA) is 29.5 Å². The van der Waals surface area contributed by atoms with Crippen molar-refractivity contribution >= 4 is 18.4 Å². The van der Waals surface area contributed by atoms with Crippen molar-refractivity contribution in [3.05, 3.63) is 35.9 Å². The highest BCUT2D eigenvalue weighted by atomic mass is 35.5. The molecule has 1 aromatic carbocycles. The van der Waals surface area contributed by atoms with Gasteiger partial charge < -0.3 is 9.64 Å². The maximum atomic E-state index is 11.8. The molecule has 2 rings (SSSR count). The molecule has 4 heteroatoms. The first-order valence-electron chi connectivity index (χ1n) is 7.05. The van der Waals surface area contributed by atoms with Crippen LogP contribution in [0.3, 0.4) is 0 Å². The second-order valence-electron chi connectivity index (χ2n) is 5.47. The Morgan fingerprint density at radius 1 is 1.40 bits per heavy atom. The van der Waals surface area contributed by atoms with Gasteiger partial charge in [-0.1, -0.05) is 37.3 Å². The second kappa shape index (κ2) is 7.09. The van der Waals surface area contributed by atoms with Gasteiger partial charge in [0.05, 0.1) is 0 Å². The van der Waals surface area contributed by atoms with E-state index in [1.54, 1.807) is 0 Å². The van der Waals surface area contributed by atoms with Gasteiger partial charge in [-0.15, -0.1) is 12.4 Å². The normalized spacial score (nSPS) is 26.6. The highest BCUT2D eigenvalue weighted by Gasteiger charge is 2.41. The number of piperidine rings is 1. The summed E-state index contributed by atoms with van der Waals surface area (Å²) in [6, 6.07) is 10.6. The molecular formula is C16H24ClNO2. The van der Waals surface area contributed by atoms with Gasteiger partial charge in [-0.25, -0.2) is 0 Å². The van der Waals surface area contributed by atoms with E-state index < -0.39 is 5.60 Å². The van der Waals surface area contributed by atoms with Crippen molar-refractivity contribution in [1.82, 2.24) is 4.90 Å². The van der Waals surface area contributed by atoms with E-state index in [1.165, 1.54) is 0 Å². The van der Waals surface area contributed by atoms with E-state index in [0.29, 0.717) is 12.5 Å². The van der Waals surface area contributed by atoms with E-state index in [1.807, 2.05) is 25.1 Å². The van der Waals surface area contributed by atoms with Crippen molar-refractivity contribution in [3.8, 4) is 0 Å². The lowest BCUT2D eigenvalue weighted by molar-refractivity contribution is -0.168. The molecule has 0 aliphatic carbocycles. The van der Waals surface area contributed by atoms with E-state index in [2.05, 4.69) is 31.0 Å². The molecule has 3 nitrogen and oxygen atoms in total. The van der Waals surface area contributed by atoms with Gasteiger partial charge >= 0.3 is 5.97 Å². The third-order valence-corrected chi connectivity index (χ3v) is 4.14. The van der Waals surface area contributed by atoms with Crippen LogP contribution in [0, 0.1) is 0 Å². The van der Waals surface area contributed by atoms with Crippen LogP contribution < -0.4 is 0 Å². The van der Waals surface area contributed by atoms with Crippen molar-refractivity contribution < 1.29 is 9.53 Å². The molecule has 0 saturated carbocycles. The molecule has 0 aromatic heterocycles. The summed E-state index contributed by atoms with van der Waals surface area (Å²) in [6.07, 6.45) is 2.15. The molecular weight excluding hydrogens is 274 g/mol. The van der Waals surface area contributed by atoms with Crippen molar-refractivity contribution in [2.45, 2.75) is 44.8 Å². The fraction of sp³-hybridized carbons (Fsp3) is 0.562. The summed E-state index contributed by atoms with van der Waals surface area (Å²) in [6.45, 7) is 4.99. The van der Waals surface area contributed by atoms with Crippen molar-refractivity contribution in [3.63, 3.8) is 0 Å². The number of halogens is 1. The second-order valence-corrected chi connectivity index (χ2v) is 5.47. The summed E-state index contributed by atoms with van der Waals surface area (Å²) >= 11 is 0. The standard InChI is InChI=1S/C16H23NO2.ClH/c1-4-15(18)19-16(14-8-6-5-7-9-14)10-11-17(3)13(2)12-16;/h5-9,13H,4,10-12H2,1-3H3;1H. The zero-order valence-corrected chi connectivity index (χ0v) is 13.3. The predicted molar refractivity (Wildman–Crippen MR) is 83.1 cm³/mol. The van der Waals surface area contributed by atoms with E-state index in [9.17, 15) is 4.79 Å². The smallest absolute Gasteiger partial charge is 0.306 e. The minimum Gasteiger partial charge on any atom is -0.454 e. The first kappa shape index (κ1) is 17.0. The first-order chi connectivity index (χ1) is 9.07. The Kier molecular flexibility index (Phi) is 6.03. The SMILES string of the molecule is CCC(=O)OC1(c2ccccc2)CCN(C)C(C)C1.Cl. The molecule has 0 N–H and O–H groups in total. The van der Waals surface area contributed by atoms with E-state index in [-0.39, 0.29) is 18.4 Å². The third-order valence-electron chi connectivity index (χ3n) is 4.14. The quantitative estimate of drug-likeness (QED) is 0.801. The van der Waals surface area contributed by atoms with Crippen LogP contribution in [-0.4, -0.2) is 30.5 Å². The van der Waals surface area contributed by atoms with Gasteiger partial charge in [-0.3, -0.25) is 4.79 Å². The molecule has 2 atom stereocenters. The van der Waals surface area contributed by atoms with Crippen LogP contribution in [0.2, 0.25) is 0 Å². The zero-order valence-electron chi connectivity index (χ0n) is 12.5. The number of ether oxygens (including phenoxy) is 1. The van der Waals surface area contributed by atoms with Gasteiger partial charge in [0.25, 0.3) is 0 Å². The minimum atomic E-state index is -0.444. The Morgan fingerprint density at radius 3 is 2.60 bits per heavy atom. The number of rotatable bonds is 3. The largest absolute Gasteiger partial charge is 0.454 e. The summed E-state index contributed by atoms with van der Waals surface area (Å²) in [4.78, 5) is 14.1. The van der Waals surface area contributed by atoms with Crippen LogP contribution in [0.25, 0.3) is 0 Å². The first-order valence-corrected chi connectivity index (χ1v) is 7.05. The summed E-state index contributed by atoms with van der Waals surface area (Å²) in [5, 5.41) is 0. The number of likely N-dealkylation sites (tertiary alicyclic amines) is 1. The fourth-order valence-corrected chi connectivity index (χ4v) is 2.76. The Balaban J connectivity index is 0.00000200. The van der Waals surface area contributed by atoms with Crippen LogP contribution in [0.4, 0.5) is 0 Å². The van der Waals surface area contributed by atoms with Crippen LogP contribution >= 0.6 is 12.4 Å². The number of esters is 1. The molecule has 1 aliphatic heterocycles. The lowest BCUT2D eigenvalue weighted by Crippen LogP contribution is -2.48. The maximum Gasteiger partial charge on any atom is 0.306 e. The molecule has 0 bridgehead atoms. The maximum absolute atomic E-state index is 11.8. The van der Waals surface area contributed by atoms with Gasteiger partial charge in [0.2, 0.25) is 0 Å². The lowest BCUT2D eigenvalue weighted by atomic mass is 9.81. The molecule has 1 aliphatic rings. The van der Waals surface area contributed by atoms with Crippen molar-refractivity contribution in [2.24, 2.45) is 0 Å². The average Bonchev–Trinajstić information content (AvgIpc) is 2.44. The van der Waals surface area contributed by atoms with Gasteiger partial charge in [-0.05, 0) is 19.5 Å². The zero-order chi connectivity index (χ0) is 13.9. The van der Waals surface area contributed by atoms with Crippen LogP contribution in [-0.2, 0) is 15.1 Å². The monoisotopic (exact) mass is 297 g/mol. The predicted octanol–water partition coefficient (Wildman–Crippen LogP) is 3.37. The molecule has 0 spiro atoms. The van der Waals surface area contributed by atoms with E-state index in [0.717, 1.165) is 24.9 Å². The van der Waals surface area contributed by atoms with Crippen LogP contribution in [0.1, 0.15) is 38.7 Å². The average molecular weight is 298 g/mol. The number of nitrogens with zero attached hydrogens (tertiary/aromatic N) is 1. The van der Waals surface area contributed by atoms with Crippen molar-refractivity contribution in [1.29, 1.82) is 0 Å². The summed E-state index contributed by atoms with van der Waals surface area (Å²) in [7, 11) is 2.13. The number of hydrogen-bond acceptors (Lipinski definition) is 3. The Bertz CT molecular complexity index is 437. The van der Waals surface area contributed by atoms with Gasteiger partial charge in [0.1, 0.15) is 5.60 Å². The molecule has 2 unspecified atom stereocenters. The third kappa shape index (κ3) is 3.53. The highest BCUT2D eigenvalue weighted by Crippen LogP contribution is 2.39. The number of carbonyl (C=O) groups excluding carboxylic acids is 1. The molecule has 0 amide bonds. The molecule has 1 aromatic rings. The molecule has 112 valence electrons. The lowest BCUT2D eigenvalue weighted by Gasteiger charge is -2.44. The van der Waals surface area contributed by atoms with Crippen molar-refractivity contribution in [2.75, 3.05) is 13.6 Å². The van der Waals surface area contributed by atoms with Gasteiger partial charge in [0.15, 0.2) is 0 Å². The highest BCUT2D eigenvalue weighted by molar-refractivity contribution is 5.85. The van der Waals surface area contributed by atoms with E-state index in [4.69, 9.17) is 4.74 Å². The molecule has 1 saturated heterocycles. The molecule has 20 heavy (non-hydrogen) atoms. The Morgan fingerprint density at radius 2 is 2.05 bits per heavy atom. The Labute approximate surface area is 127 Å². The van der Waals surface area contributed by atoms with Gasteiger partial charge in [-0.2, -0.15) is 0 Å². The van der Waals surface area contributed by atoms with Crippen LogP contribution in [0.15, 0.2) is 30.3 Å². The molecule has 1 heterocycles. The Hall–Kier alpha value is -1.06. The van der Waals surface area contributed by atoms with E-state index >= 15 is 0 Å². The number of carbonyl (C=O) groups is 1. The molecule has 1 fully saturated rings. The van der Waals surface area contributed by atoms with Crippen LogP contribution in [0.5, 0.6) is 0 Å². The molecule has 0 radical (unpaired) electrons.